The van der Waals surface area contributed by atoms with Gasteiger partial charge < -0.3 is 15.0 Å². The number of carbonyl (C=O) groups is 3. The summed E-state index contributed by atoms with van der Waals surface area (Å²) in [4.78, 5) is 38.9. The molecule has 0 radical (unpaired) electrons. The maximum absolute atomic E-state index is 13.0. The number of rotatable bonds is 5. The molecule has 136 valence electrons. The molecule has 1 aromatic carbocycles. The zero-order chi connectivity index (χ0) is 18.6. The van der Waals surface area contributed by atoms with Gasteiger partial charge in [-0.05, 0) is 37.8 Å². The molecule has 25 heavy (non-hydrogen) atoms. The summed E-state index contributed by atoms with van der Waals surface area (Å²) in [7, 11) is 1.32. The Morgan fingerprint density at radius 2 is 2.00 bits per heavy atom. The molecule has 1 saturated heterocycles. The Labute approximate surface area is 148 Å². The lowest BCUT2D eigenvalue weighted by atomic mass is 10.0. The van der Waals surface area contributed by atoms with E-state index in [1.54, 1.807) is 12.1 Å². The van der Waals surface area contributed by atoms with Crippen molar-refractivity contribution in [1.29, 1.82) is 0 Å². The van der Waals surface area contributed by atoms with Crippen molar-refractivity contribution in [2.24, 2.45) is 5.92 Å². The standard InChI is InChI=1S/C19H26N2O4/c1-12(2)16(20-17(22)14-8-5-7-13(3)11-14)18(23)21-10-6-9-15(21)19(24)25-4/h5,7-8,11-12,15-16H,6,9-10H2,1-4H3,(H,20,22)/t15-,16-/m0/s1. The van der Waals surface area contributed by atoms with E-state index in [1.807, 2.05) is 32.9 Å². The number of amides is 2. The second-order valence-corrected chi connectivity index (χ2v) is 6.78. The molecule has 1 fully saturated rings. The molecule has 2 amide bonds. The number of benzene rings is 1. The summed E-state index contributed by atoms with van der Waals surface area (Å²) in [6, 6.07) is 5.98. The van der Waals surface area contributed by atoms with E-state index in [9.17, 15) is 14.4 Å². The van der Waals surface area contributed by atoms with Crippen LogP contribution in [-0.4, -0.2) is 48.4 Å². The normalized spacial score (nSPS) is 18.1. The van der Waals surface area contributed by atoms with Crippen molar-refractivity contribution >= 4 is 17.8 Å². The Bertz CT molecular complexity index is 657. The van der Waals surface area contributed by atoms with E-state index >= 15 is 0 Å². The maximum Gasteiger partial charge on any atom is 0.328 e. The monoisotopic (exact) mass is 346 g/mol. The highest BCUT2D eigenvalue weighted by molar-refractivity contribution is 5.98. The highest BCUT2D eigenvalue weighted by atomic mass is 16.5. The molecular weight excluding hydrogens is 320 g/mol. The van der Waals surface area contributed by atoms with Crippen LogP contribution in [0.25, 0.3) is 0 Å². The summed E-state index contributed by atoms with van der Waals surface area (Å²) < 4.78 is 4.80. The first-order valence-electron chi connectivity index (χ1n) is 8.61. The summed E-state index contributed by atoms with van der Waals surface area (Å²) in [5.74, 6) is -1.02. The molecule has 2 atom stereocenters. The third-order valence-corrected chi connectivity index (χ3v) is 4.51. The fourth-order valence-corrected chi connectivity index (χ4v) is 3.11. The number of ether oxygens (including phenoxy) is 1. The summed E-state index contributed by atoms with van der Waals surface area (Å²) in [6.07, 6.45) is 1.34. The van der Waals surface area contributed by atoms with Gasteiger partial charge in [0.1, 0.15) is 12.1 Å². The minimum atomic E-state index is -0.682. The van der Waals surface area contributed by atoms with Crippen molar-refractivity contribution in [3.63, 3.8) is 0 Å². The lowest BCUT2D eigenvalue weighted by Gasteiger charge is -2.30. The number of nitrogens with one attached hydrogen (secondary N) is 1. The number of carbonyl (C=O) groups excluding carboxylic acids is 3. The summed E-state index contributed by atoms with van der Waals surface area (Å²) in [5.41, 5.74) is 1.50. The number of esters is 1. The van der Waals surface area contributed by atoms with Crippen LogP contribution in [0.1, 0.15) is 42.6 Å². The predicted molar refractivity (Wildman–Crippen MR) is 94.0 cm³/mol. The average Bonchev–Trinajstić information content (AvgIpc) is 3.07. The number of likely N-dealkylation sites (tertiary alicyclic amines) is 1. The first-order valence-corrected chi connectivity index (χ1v) is 8.61. The Morgan fingerprint density at radius 1 is 1.28 bits per heavy atom. The van der Waals surface area contributed by atoms with E-state index in [0.717, 1.165) is 12.0 Å². The van der Waals surface area contributed by atoms with Gasteiger partial charge in [-0.25, -0.2) is 4.79 Å². The molecule has 6 heteroatoms. The number of methoxy groups -OCH3 is 1. The van der Waals surface area contributed by atoms with Crippen LogP contribution in [0.3, 0.4) is 0 Å². The van der Waals surface area contributed by atoms with Gasteiger partial charge >= 0.3 is 5.97 Å². The zero-order valence-corrected chi connectivity index (χ0v) is 15.2. The van der Waals surface area contributed by atoms with Gasteiger partial charge in [-0.15, -0.1) is 0 Å². The van der Waals surface area contributed by atoms with Crippen LogP contribution in [0.2, 0.25) is 0 Å². The van der Waals surface area contributed by atoms with Gasteiger partial charge in [0.05, 0.1) is 7.11 Å². The molecule has 6 nitrogen and oxygen atoms in total. The molecule has 0 unspecified atom stereocenters. The summed E-state index contributed by atoms with van der Waals surface area (Å²) in [5, 5.41) is 2.83. The zero-order valence-electron chi connectivity index (χ0n) is 15.2. The smallest absolute Gasteiger partial charge is 0.328 e. The minimum Gasteiger partial charge on any atom is -0.467 e. The summed E-state index contributed by atoms with van der Waals surface area (Å²) >= 11 is 0. The van der Waals surface area contributed by atoms with Gasteiger partial charge in [0, 0.05) is 12.1 Å². The van der Waals surface area contributed by atoms with Crippen LogP contribution in [0.4, 0.5) is 0 Å². The van der Waals surface area contributed by atoms with Gasteiger partial charge in [0.15, 0.2) is 0 Å². The third-order valence-electron chi connectivity index (χ3n) is 4.51. The van der Waals surface area contributed by atoms with Gasteiger partial charge in [0.25, 0.3) is 5.91 Å². The van der Waals surface area contributed by atoms with E-state index in [-0.39, 0.29) is 17.7 Å². The van der Waals surface area contributed by atoms with E-state index in [2.05, 4.69) is 5.32 Å². The fraction of sp³-hybridized carbons (Fsp3) is 0.526. The lowest BCUT2D eigenvalue weighted by Crippen LogP contribution is -2.53. The second kappa shape index (κ2) is 8.14. The topological polar surface area (TPSA) is 75.7 Å². The van der Waals surface area contributed by atoms with Crippen molar-refractivity contribution in [2.45, 2.75) is 45.7 Å². The number of hydrogen-bond acceptors (Lipinski definition) is 4. The quantitative estimate of drug-likeness (QED) is 0.827. The van der Waals surface area contributed by atoms with Crippen molar-refractivity contribution in [3.8, 4) is 0 Å². The van der Waals surface area contributed by atoms with Crippen molar-refractivity contribution in [2.75, 3.05) is 13.7 Å². The van der Waals surface area contributed by atoms with Crippen molar-refractivity contribution in [3.05, 3.63) is 35.4 Å². The predicted octanol–water partition coefficient (Wildman–Crippen LogP) is 1.91. The molecule has 0 bridgehead atoms. The van der Waals surface area contributed by atoms with Crippen LogP contribution < -0.4 is 5.32 Å². The van der Waals surface area contributed by atoms with E-state index in [1.165, 1.54) is 12.0 Å². The van der Waals surface area contributed by atoms with Crippen LogP contribution >= 0.6 is 0 Å². The third kappa shape index (κ3) is 4.38. The van der Waals surface area contributed by atoms with E-state index < -0.39 is 18.1 Å². The largest absolute Gasteiger partial charge is 0.467 e. The molecule has 0 aliphatic carbocycles. The van der Waals surface area contributed by atoms with Crippen LogP contribution in [-0.2, 0) is 14.3 Å². The van der Waals surface area contributed by atoms with Crippen LogP contribution in [0.15, 0.2) is 24.3 Å². The summed E-state index contributed by atoms with van der Waals surface area (Å²) in [6.45, 7) is 6.17. The van der Waals surface area contributed by atoms with E-state index in [4.69, 9.17) is 4.74 Å². The first-order chi connectivity index (χ1) is 11.8. The van der Waals surface area contributed by atoms with Gasteiger partial charge in [-0.3, -0.25) is 9.59 Å². The van der Waals surface area contributed by atoms with Crippen LogP contribution in [0, 0.1) is 12.8 Å². The average molecular weight is 346 g/mol. The molecule has 1 aliphatic rings. The number of aryl methyl sites for hydroxylation is 1. The Hall–Kier alpha value is -2.37. The van der Waals surface area contributed by atoms with Crippen LogP contribution in [0.5, 0.6) is 0 Å². The molecule has 1 N–H and O–H groups in total. The molecule has 1 heterocycles. The highest BCUT2D eigenvalue weighted by Crippen LogP contribution is 2.21. The molecule has 0 spiro atoms. The molecule has 1 aliphatic heterocycles. The lowest BCUT2D eigenvalue weighted by molar-refractivity contribution is -0.151. The number of hydrogen-bond donors (Lipinski definition) is 1. The van der Waals surface area contributed by atoms with Gasteiger partial charge in [-0.1, -0.05) is 31.5 Å². The Morgan fingerprint density at radius 3 is 2.60 bits per heavy atom. The maximum atomic E-state index is 13.0. The Kier molecular flexibility index (Phi) is 6.17. The Balaban J connectivity index is 2.15. The SMILES string of the molecule is COC(=O)[C@@H]1CCCN1C(=O)[C@@H](NC(=O)c1cccc(C)c1)C(C)C. The fourth-order valence-electron chi connectivity index (χ4n) is 3.11. The number of nitrogens with zero attached hydrogens (tertiary/aromatic N) is 1. The molecular formula is C19H26N2O4. The first kappa shape index (κ1) is 19.0. The van der Waals surface area contributed by atoms with Gasteiger partial charge in [0.2, 0.25) is 5.91 Å². The van der Waals surface area contributed by atoms with Gasteiger partial charge in [-0.2, -0.15) is 0 Å². The highest BCUT2D eigenvalue weighted by Gasteiger charge is 2.39. The van der Waals surface area contributed by atoms with Crippen molar-refractivity contribution in [1.82, 2.24) is 10.2 Å². The van der Waals surface area contributed by atoms with Crippen molar-refractivity contribution < 1.29 is 19.1 Å². The second-order valence-electron chi connectivity index (χ2n) is 6.78. The minimum absolute atomic E-state index is 0.0971. The molecule has 2 rings (SSSR count). The molecule has 0 aromatic heterocycles. The van der Waals surface area contributed by atoms with E-state index in [0.29, 0.717) is 18.5 Å². The molecule has 0 saturated carbocycles. The molecule has 1 aromatic rings.